The van der Waals surface area contributed by atoms with Gasteiger partial charge in [-0.15, -0.1) is 0 Å². The fourth-order valence-electron chi connectivity index (χ4n) is 1.43. The zero-order valence-corrected chi connectivity index (χ0v) is 12.8. The van der Waals surface area contributed by atoms with Gasteiger partial charge in [0, 0.05) is 22.9 Å². The number of aromatic nitrogens is 3. The average molecular weight is 280 g/mol. The van der Waals surface area contributed by atoms with Crippen LogP contribution >= 0.6 is 11.5 Å². The van der Waals surface area contributed by atoms with Crippen LogP contribution in [-0.4, -0.2) is 14.3 Å². The topological polar surface area (TPSA) is 63.8 Å². The highest BCUT2D eigenvalue weighted by atomic mass is 32.1. The molecule has 0 saturated carbocycles. The number of nitrogens with zero attached hydrogens (tertiary/aromatic N) is 3. The molecule has 0 aliphatic carbocycles. The third-order valence-electron chi connectivity index (χ3n) is 2.64. The zero-order valence-electron chi connectivity index (χ0n) is 12.0. The number of hydrogen-bond donors (Lipinski definition) is 1. The Labute approximate surface area is 117 Å². The van der Waals surface area contributed by atoms with E-state index >= 15 is 0 Å². The summed E-state index contributed by atoms with van der Waals surface area (Å²) in [5.41, 5.74) is -0.0151. The van der Waals surface area contributed by atoms with E-state index in [-0.39, 0.29) is 5.41 Å². The van der Waals surface area contributed by atoms with Gasteiger partial charge in [0.25, 0.3) is 0 Å². The van der Waals surface area contributed by atoms with Gasteiger partial charge in [0.2, 0.25) is 11.0 Å². The first kappa shape index (κ1) is 14.0. The molecule has 2 heterocycles. The lowest BCUT2D eigenvalue weighted by Gasteiger charge is -2.13. The molecule has 2 rings (SSSR count). The summed E-state index contributed by atoms with van der Waals surface area (Å²) in [6.45, 7) is 11.0. The van der Waals surface area contributed by atoms with Gasteiger partial charge in [-0.1, -0.05) is 34.6 Å². The molecular weight excluding hydrogens is 260 g/mol. The summed E-state index contributed by atoms with van der Waals surface area (Å²) in [7, 11) is 0. The van der Waals surface area contributed by atoms with Crippen LogP contribution in [0, 0.1) is 0 Å². The Hall–Kier alpha value is -1.43. The maximum atomic E-state index is 5.71. The SMILES string of the molecule is CC(C)c1nsc(NCc2ncc(C(C)(C)C)o2)n1. The third kappa shape index (κ3) is 3.53. The van der Waals surface area contributed by atoms with Crippen LogP contribution in [-0.2, 0) is 12.0 Å². The Balaban J connectivity index is 1.96. The highest BCUT2D eigenvalue weighted by Gasteiger charge is 2.19. The lowest BCUT2D eigenvalue weighted by Crippen LogP contribution is -2.09. The van der Waals surface area contributed by atoms with Gasteiger partial charge < -0.3 is 9.73 Å². The third-order valence-corrected chi connectivity index (χ3v) is 3.33. The van der Waals surface area contributed by atoms with Crippen molar-refractivity contribution in [3.63, 3.8) is 0 Å². The second-order valence-electron chi connectivity index (χ2n) is 5.83. The molecular formula is C13H20N4OS. The highest BCUT2D eigenvalue weighted by molar-refractivity contribution is 7.09. The van der Waals surface area contributed by atoms with Crippen LogP contribution in [0.2, 0.25) is 0 Å². The molecule has 19 heavy (non-hydrogen) atoms. The van der Waals surface area contributed by atoms with Crippen molar-refractivity contribution >= 4 is 16.7 Å². The number of rotatable bonds is 4. The Morgan fingerprint density at radius 1 is 1.37 bits per heavy atom. The van der Waals surface area contributed by atoms with Crippen molar-refractivity contribution in [2.24, 2.45) is 0 Å². The van der Waals surface area contributed by atoms with E-state index in [9.17, 15) is 0 Å². The summed E-state index contributed by atoms with van der Waals surface area (Å²) in [6.07, 6.45) is 1.79. The van der Waals surface area contributed by atoms with Gasteiger partial charge in [-0.2, -0.15) is 4.37 Å². The predicted octanol–water partition coefficient (Wildman–Crippen LogP) is 3.56. The minimum absolute atomic E-state index is 0.0151. The van der Waals surface area contributed by atoms with Gasteiger partial charge in [-0.3, -0.25) is 0 Å². The maximum absolute atomic E-state index is 5.71. The van der Waals surface area contributed by atoms with Crippen molar-refractivity contribution in [2.45, 2.75) is 52.5 Å². The summed E-state index contributed by atoms with van der Waals surface area (Å²) in [6, 6.07) is 0. The molecule has 0 unspecified atom stereocenters. The number of anilines is 1. The number of nitrogens with one attached hydrogen (secondary N) is 1. The second-order valence-corrected chi connectivity index (χ2v) is 6.59. The number of oxazole rings is 1. The first-order valence-electron chi connectivity index (χ1n) is 6.39. The van der Waals surface area contributed by atoms with Crippen LogP contribution in [0.4, 0.5) is 5.13 Å². The molecule has 0 radical (unpaired) electrons. The molecule has 0 amide bonds. The fraction of sp³-hybridized carbons (Fsp3) is 0.615. The first-order valence-corrected chi connectivity index (χ1v) is 7.16. The van der Waals surface area contributed by atoms with E-state index in [1.807, 2.05) is 0 Å². The van der Waals surface area contributed by atoms with Gasteiger partial charge in [-0.25, -0.2) is 9.97 Å². The van der Waals surface area contributed by atoms with E-state index in [0.29, 0.717) is 18.4 Å². The van der Waals surface area contributed by atoms with Crippen LogP contribution < -0.4 is 5.32 Å². The van der Waals surface area contributed by atoms with Crippen LogP contribution in [0.3, 0.4) is 0 Å². The molecule has 2 aromatic rings. The molecule has 1 N–H and O–H groups in total. The quantitative estimate of drug-likeness (QED) is 0.927. The van der Waals surface area contributed by atoms with Crippen molar-refractivity contribution in [2.75, 3.05) is 5.32 Å². The summed E-state index contributed by atoms with van der Waals surface area (Å²) in [5.74, 6) is 2.78. The van der Waals surface area contributed by atoms with Gasteiger partial charge in [-0.05, 0) is 0 Å². The van der Waals surface area contributed by atoms with Gasteiger partial charge >= 0.3 is 0 Å². The zero-order chi connectivity index (χ0) is 14.0. The lowest BCUT2D eigenvalue weighted by atomic mass is 9.94. The van der Waals surface area contributed by atoms with Gasteiger partial charge in [0.1, 0.15) is 11.6 Å². The largest absolute Gasteiger partial charge is 0.443 e. The van der Waals surface area contributed by atoms with Crippen molar-refractivity contribution in [3.8, 4) is 0 Å². The van der Waals surface area contributed by atoms with Crippen molar-refractivity contribution in [3.05, 3.63) is 23.7 Å². The molecule has 0 saturated heterocycles. The molecule has 0 aromatic carbocycles. The molecule has 0 atom stereocenters. The summed E-state index contributed by atoms with van der Waals surface area (Å²) >= 11 is 1.37. The second kappa shape index (κ2) is 5.28. The van der Waals surface area contributed by atoms with Crippen molar-refractivity contribution in [1.29, 1.82) is 0 Å². The Morgan fingerprint density at radius 3 is 2.63 bits per heavy atom. The van der Waals surface area contributed by atoms with E-state index in [0.717, 1.165) is 16.7 Å². The van der Waals surface area contributed by atoms with E-state index in [4.69, 9.17) is 4.42 Å². The molecule has 0 aliphatic rings. The molecule has 0 fully saturated rings. The van der Waals surface area contributed by atoms with Crippen molar-refractivity contribution in [1.82, 2.24) is 14.3 Å². The van der Waals surface area contributed by atoms with Crippen LogP contribution in [0.25, 0.3) is 0 Å². The summed E-state index contributed by atoms with van der Waals surface area (Å²) in [4.78, 5) is 8.67. The minimum Gasteiger partial charge on any atom is -0.443 e. The van der Waals surface area contributed by atoms with Crippen LogP contribution in [0.15, 0.2) is 10.6 Å². The average Bonchev–Trinajstić information content (AvgIpc) is 2.95. The summed E-state index contributed by atoms with van der Waals surface area (Å²) < 4.78 is 10.00. The maximum Gasteiger partial charge on any atom is 0.213 e. The molecule has 0 bridgehead atoms. The smallest absolute Gasteiger partial charge is 0.213 e. The van der Waals surface area contributed by atoms with Gasteiger partial charge in [0.05, 0.1) is 12.7 Å². The van der Waals surface area contributed by atoms with Crippen LogP contribution in [0.5, 0.6) is 0 Å². The number of hydrogen-bond acceptors (Lipinski definition) is 6. The molecule has 0 spiro atoms. The molecule has 2 aromatic heterocycles. The molecule has 5 nitrogen and oxygen atoms in total. The standard InChI is InChI=1S/C13H20N4OS/c1-8(2)11-16-12(19-17-11)15-7-10-14-6-9(18-10)13(3,4)5/h6,8H,7H2,1-5H3,(H,15,16,17). The Bertz CT molecular complexity index is 539. The summed E-state index contributed by atoms with van der Waals surface area (Å²) in [5, 5.41) is 3.99. The van der Waals surface area contributed by atoms with E-state index in [2.05, 4.69) is 54.3 Å². The molecule has 6 heteroatoms. The van der Waals surface area contributed by atoms with E-state index in [1.165, 1.54) is 11.5 Å². The Kier molecular flexibility index (Phi) is 3.89. The van der Waals surface area contributed by atoms with Gasteiger partial charge in [0.15, 0.2) is 0 Å². The normalized spacial score (nSPS) is 12.1. The van der Waals surface area contributed by atoms with E-state index in [1.54, 1.807) is 6.20 Å². The van der Waals surface area contributed by atoms with Crippen LogP contribution in [0.1, 0.15) is 58.0 Å². The first-order chi connectivity index (χ1) is 8.86. The highest BCUT2D eigenvalue weighted by Crippen LogP contribution is 2.23. The predicted molar refractivity (Wildman–Crippen MR) is 76.5 cm³/mol. The molecule has 104 valence electrons. The lowest BCUT2D eigenvalue weighted by molar-refractivity contribution is 0.385. The van der Waals surface area contributed by atoms with E-state index < -0.39 is 0 Å². The minimum atomic E-state index is -0.0151. The fourth-order valence-corrected chi connectivity index (χ4v) is 2.13. The van der Waals surface area contributed by atoms with Crippen molar-refractivity contribution < 1.29 is 4.42 Å². The Morgan fingerprint density at radius 2 is 2.11 bits per heavy atom. The monoisotopic (exact) mass is 280 g/mol. The molecule has 0 aliphatic heterocycles.